The van der Waals surface area contributed by atoms with E-state index in [0.717, 1.165) is 0 Å². The average molecular weight is 393 g/mol. The molecule has 0 fully saturated rings. The van der Waals surface area contributed by atoms with Crippen LogP contribution in [-0.2, 0) is 0 Å². The van der Waals surface area contributed by atoms with Crippen LogP contribution in [0.1, 0.15) is 10.4 Å². The molecule has 0 saturated carbocycles. The Morgan fingerprint density at radius 1 is 1.25 bits per heavy atom. The van der Waals surface area contributed by atoms with Gasteiger partial charge in [-0.15, -0.1) is 11.3 Å². The van der Waals surface area contributed by atoms with E-state index < -0.39 is 5.91 Å². The van der Waals surface area contributed by atoms with E-state index in [1.54, 1.807) is 55.1 Å². The van der Waals surface area contributed by atoms with E-state index >= 15 is 0 Å². The van der Waals surface area contributed by atoms with E-state index in [-0.39, 0.29) is 16.9 Å². The highest BCUT2D eigenvalue weighted by atomic mass is 32.1. The fourth-order valence-corrected chi connectivity index (χ4v) is 3.12. The van der Waals surface area contributed by atoms with Crippen molar-refractivity contribution in [1.29, 1.82) is 0 Å². The van der Waals surface area contributed by atoms with Crippen LogP contribution in [0.15, 0.2) is 69.5 Å². The smallest absolute Gasteiger partial charge is 0.262 e. The number of hydrogen-bond donors (Lipinski definition) is 2. The maximum absolute atomic E-state index is 12.8. The molecule has 2 heterocycles. The molecule has 0 atom stereocenters. The Morgan fingerprint density at radius 3 is 2.93 bits per heavy atom. The standard InChI is InChI=1S/C20H15N3O4S/c1-26-15-4-2-3-13(10-15)22-19-16(18(25)23-20-21-7-8-28-20)9-12-5-6-14(24)11-17(12)27-19/h2-11,24H,1H3,(H,21,23,25). The Hall–Kier alpha value is -3.65. The number of phenolic OH excluding ortho intramolecular Hbond substituents is 1. The van der Waals surface area contributed by atoms with Crippen LogP contribution >= 0.6 is 11.3 Å². The van der Waals surface area contributed by atoms with Crippen molar-refractivity contribution in [2.24, 2.45) is 4.99 Å². The molecular formula is C20H15N3O4S. The van der Waals surface area contributed by atoms with Crippen LogP contribution < -0.4 is 15.6 Å². The summed E-state index contributed by atoms with van der Waals surface area (Å²) in [4.78, 5) is 21.4. The van der Waals surface area contributed by atoms with Gasteiger partial charge in [0.15, 0.2) is 5.13 Å². The van der Waals surface area contributed by atoms with Crippen LogP contribution in [0.5, 0.6) is 11.5 Å². The van der Waals surface area contributed by atoms with E-state index in [4.69, 9.17) is 9.15 Å². The lowest BCUT2D eigenvalue weighted by atomic mass is 10.1. The van der Waals surface area contributed by atoms with Gasteiger partial charge in [0.05, 0.1) is 12.8 Å². The summed E-state index contributed by atoms with van der Waals surface area (Å²) < 4.78 is 11.1. The van der Waals surface area contributed by atoms with E-state index in [1.165, 1.54) is 23.5 Å². The molecule has 2 aromatic carbocycles. The average Bonchev–Trinajstić information content (AvgIpc) is 3.20. The lowest BCUT2D eigenvalue weighted by Crippen LogP contribution is -2.21. The minimum atomic E-state index is -0.393. The third-order valence-corrected chi connectivity index (χ3v) is 4.60. The topological polar surface area (TPSA) is 97.0 Å². The molecule has 140 valence electrons. The first-order valence-corrected chi connectivity index (χ1v) is 9.17. The fourth-order valence-electron chi connectivity index (χ4n) is 2.60. The van der Waals surface area contributed by atoms with Crippen molar-refractivity contribution >= 4 is 39.0 Å². The van der Waals surface area contributed by atoms with Crippen LogP contribution in [-0.4, -0.2) is 23.1 Å². The normalized spacial score (nSPS) is 11.5. The second kappa shape index (κ2) is 7.53. The maximum Gasteiger partial charge on any atom is 0.262 e. The molecule has 2 N–H and O–H groups in total. The largest absolute Gasteiger partial charge is 0.508 e. The molecule has 8 heteroatoms. The summed E-state index contributed by atoms with van der Waals surface area (Å²) in [6.45, 7) is 0. The number of rotatable bonds is 4. The summed E-state index contributed by atoms with van der Waals surface area (Å²) in [7, 11) is 1.56. The molecule has 7 nitrogen and oxygen atoms in total. The molecule has 0 aliphatic carbocycles. The number of thiazole rings is 1. The van der Waals surface area contributed by atoms with Gasteiger partial charge in [0.1, 0.15) is 22.6 Å². The number of anilines is 1. The summed E-state index contributed by atoms with van der Waals surface area (Å²) in [5, 5.41) is 15.4. The molecule has 0 aliphatic rings. The predicted octanol–water partition coefficient (Wildman–Crippen LogP) is 4.09. The molecule has 4 aromatic rings. The van der Waals surface area contributed by atoms with Gasteiger partial charge in [0.25, 0.3) is 5.91 Å². The fraction of sp³-hybridized carbons (Fsp3) is 0.0500. The second-order valence-electron chi connectivity index (χ2n) is 5.79. The molecule has 0 unspecified atom stereocenters. The van der Waals surface area contributed by atoms with Crippen LogP contribution in [0.3, 0.4) is 0 Å². The highest BCUT2D eigenvalue weighted by molar-refractivity contribution is 7.13. The molecule has 28 heavy (non-hydrogen) atoms. The number of ether oxygens (including phenoxy) is 1. The molecule has 0 radical (unpaired) electrons. The van der Waals surface area contributed by atoms with Gasteiger partial charge in [-0.3, -0.25) is 10.1 Å². The molecule has 0 bridgehead atoms. The number of aromatic nitrogens is 1. The number of fused-ring (bicyclic) bond motifs is 1. The Balaban J connectivity index is 1.88. The number of methoxy groups -OCH3 is 1. The second-order valence-corrected chi connectivity index (χ2v) is 6.69. The van der Waals surface area contributed by atoms with Crippen LogP contribution in [0, 0.1) is 0 Å². The highest BCUT2D eigenvalue weighted by Crippen LogP contribution is 2.22. The predicted molar refractivity (Wildman–Crippen MR) is 106 cm³/mol. The zero-order valence-electron chi connectivity index (χ0n) is 14.7. The number of benzene rings is 2. The minimum Gasteiger partial charge on any atom is -0.508 e. The van der Waals surface area contributed by atoms with Crippen molar-refractivity contribution in [3.63, 3.8) is 0 Å². The third-order valence-electron chi connectivity index (χ3n) is 3.92. The van der Waals surface area contributed by atoms with Crippen molar-refractivity contribution in [2.75, 3.05) is 12.4 Å². The van der Waals surface area contributed by atoms with Crippen molar-refractivity contribution in [2.45, 2.75) is 0 Å². The van der Waals surface area contributed by atoms with Gasteiger partial charge in [-0.1, -0.05) is 6.07 Å². The Morgan fingerprint density at radius 2 is 2.14 bits per heavy atom. The first-order valence-electron chi connectivity index (χ1n) is 8.29. The lowest BCUT2D eigenvalue weighted by molar-refractivity contribution is 0.102. The SMILES string of the molecule is COc1cccc(N=c2oc3cc(O)ccc3cc2C(=O)Nc2nccs2)c1. The third kappa shape index (κ3) is 3.72. The number of amides is 1. The van der Waals surface area contributed by atoms with E-state index in [9.17, 15) is 9.90 Å². The molecular weight excluding hydrogens is 378 g/mol. The zero-order chi connectivity index (χ0) is 19.5. The monoisotopic (exact) mass is 393 g/mol. The van der Waals surface area contributed by atoms with Crippen LogP contribution in [0.25, 0.3) is 11.0 Å². The molecule has 2 aromatic heterocycles. The van der Waals surface area contributed by atoms with Gasteiger partial charge in [-0.2, -0.15) is 0 Å². The number of carbonyl (C=O) groups excluding carboxylic acids is 1. The van der Waals surface area contributed by atoms with Gasteiger partial charge in [0, 0.05) is 29.1 Å². The molecule has 0 saturated heterocycles. The highest BCUT2D eigenvalue weighted by Gasteiger charge is 2.14. The van der Waals surface area contributed by atoms with Gasteiger partial charge in [-0.25, -0.2) is 9.98 Å². The van der Waals surface area contributed by atoms with Crippen LogP contribution in [0.4, 0.5) is 10.8 Å². The molecule has 1 amide bonds. The number of carbonyl (C=O) groups is 1. The minimum absolute atomic E-state index is 0.0589. The van der Waals surface area contributed by atoms with Crippen molar-refractivity contribution in [3.8, 4) is 11.5 Å². The van der Waals surface area contributed by atoms with Crippen molar-refractivity contribution < 1.29 is 19.1 Å². The summed E-state index contributed by atoms with van der Waals surface area (Å²) in [6, 6.07) is 13.4. The first-order chi connectivity index (χ1) is 13.6. The Bertz CT molecular complexity index is 1220. The maximum atomic E-state index is 12.8. The van der Waals surface area contributed by atoms with Crippen molar-refractivity contribution in [3.05, 3.63) is 71.2 Å². The summed E-state index contributed by atoms with van der Waals surface area (Å²) in [5.74, 6) is 0.298. The van der Waals surface area contributed by atoms with Gasteiger partial charge in [0.2, 0.25) is 5.55 Å². The number of hydrogen-bond acceptors (Lipinski definition) is 7. The molecule has 4 rings (SSSR count). The van der Waals surface area contributed by atoms with Gasteiger partial charge < -0.3 is 14.3 Å². The number of phenols is 1. The summed E-state index contributed by atoms with van der Waals surface area (Å²) in [6.07, 6.45) is 1.61. The van der Waals surface area contributed by atoms with Gasteiger partial charge >= 0.3 is 0 Å². The number of nitrogens with zero attached hydrogens (tertiary/aromatic N) is 2. The Kier molecular flexibility index (Phi) is 4.77. The van der Waals surface area contributed by atoms with Gasteiger partial charge in [-0.05, 0) is 30.3 Å². The lowest BCUT2D eigenvalue weighted by Gasteiger charge is -2.06. The Labute approximate surface area is 163 Å². The van der Waals surface area contributed by atoms with Crippen molar-refractivity contribution in [1.82, 2.24) is 4.98 Å². The first kappa shape index (κ1) is 17.7. The molecule has 0 aliphatic heterocycles. The van der Waals surface area contributed by atoms with E-state index in [1.807, 2.05) is 0 Å². The van der Waals surface area contributed by atoms with E-state index in [0.29, 0.717) is 27.5 Å². The number of nitrogens with one attached hydrogen (secondary N) is 1. The molecule has 0 spiro atoms. The number of aromatic hydroxyl groups is 1. The summed E-state index contributed by atoms with van der Waals surface area (Å²) >= 11 is 1.31. The van der Waals surface area contributed by atoms with Crippen LogP contribution in [0.2, 0.25) is 0 Å². The quantitative estimate of drug-likeness (QED) is 0.544. The zero-order valence-corrected chi connectivity index (χ0v) is 15.6. The van der Waals surface area contributed by atoms with E-state index in [2.05, 4.69) is 15.3 Å². The summed E-state index contributed by atoms with van der Waals surface area (Å²) in [5.41, 5.74) is 1.33.